The number of carbonyl (C=O) groups is 1. The van der Waals surface area contributed by atoms with Gasteiger partial charge in [0.1, 0.15) is 11.5 Å². The number of benzene rings is 1. The van der Waals surface area contributed by atoms with E-state index in [2.05, 4.69) is 15.5 Å². The number of carbonyl (C=O) groups excluding carboxylic acids is 1. The zero-order valence-electron chi connectivity index (χ0n) is 15.5. The van der Waals surface area contributed by atoms with E-state index in [4.69, 9.17) is 13.9 Å². The summed E-state index contributed by atoms with van der Waals surface area (Å²) in [6, 6.07) is 9.57. The van der Waals surface area contributed by atoms with Crippen LogP contribution in [0.2, 0.25) is 0 Å². The Labute approximate surface area is 158 Å². The zero-order valence-corrected chi connectivity index (χ0v) is 15.5. The van der Waals surface area contributed by atoms with Crippen LogP contribution in [0.15, 0.2) is 34.7 Å². The topological polar surface area (TPSA) is 76.0 Å². The van der Waals surface area contributed by atoms with Gasteiger partial charge in [-0.15, -0.1) is 0 Å². The molecule has 0 aliphatic carbocycles. The molecule has 3 heterocycles. The number of amides is 2. The van der Waals surface area contributed by atoms with Crippen LogP contribution in [0.1, 0.15) is 28.7 Å². The second-order valence-electron chi connectivity index (χ2n) is 6.92. The van der Waals surface area contributed by atoms with Gasteiger partial charge >= 0.3 is 6.03 Å². The van der Waals surface area contributed by atoms with Crippen LogP contribution in [0.25, 0.3) is 0 Å². The van der Waals surface area contributed by atoms with Crippen LogP contribution in [0, 0.1) is 6.92 Å². The van der Waals surface area contributed by atoms with Crippen LogP contribution in [0.3, 0.4) is 0 Å². The van der Waals surface area contributed by atoms with Gasteiger partial charge in [-0.3, -0.25) is 4.90 Å². The Kier molecular flexibility index (Phi) is 5.42. The third kappa shape index (κ3) is 4.32. The highest BCUT2D eigenvalue weighted by Gasteiger charge is 2.25. The third-order valence-corrected chi connectivity index (χ3v) is 5.01. The van der Waals surface area contributed by atoms with Crippen molar-refractivity contribution in [2.75, 3.05) is 38.2 Å². The monoisotopic (exact) mass is 371 g/mol. The number of hydrogen-bond donors (Lipinski definition) is 2. The molecule has 2 aromatic rings. The van der Waals surface area contributed by atoms with Crippen LogP contribution >= 0.6 is 0 Å². The molecule has 7 nitrogen and oxygen atoms in total. The van der Waals surface area contributed by atoms with Crippen LogP contribution in [-0.4, -0.2) is 43.8 Å². The Morgan fingerprint density at radius 1 is 1.11 bits per heavy atom. The average molecular weight is 371 g/mol. The van der Waals surface area contributed by atoms with Crippen molar-refractivity contribution in [1.82, 2.24) is 10.2 Å². The lowest BCUT2D eigenvalue weighted by Crippen LogP contribution is -2.44. The summed E-state index contributed by atoms with van der Waals surface area (Å²) in [6.45, 7) is 6.66. The Morgan fingerprint density at radius 3 is 2.70 bits per heavy atom. The van der Waals surface area contributed by atoms with Crippen LogP contribution in [-0.2, 0) is 22.7 Å². The van der Waals surface area contributed by atoms with Gasteiger partial charge in [-0.1, -0.05) is 6.07 Å². The number of aryl methyl sites for hydroxylation is 1. The van der Waals surface area contributed by atoms with Crippen molar-refractivity contribution < 1.29 is 18.7 Å². The van der Waals surface area contributed by atoms with Crippen LogP contribution in [0.5, 0.6) is 0 Å². The Hall–Kier alpha value is -2.35. The lowest BCUT2D eigenvalue weighted by atomic mass is 10.1. The second kappa shape index (κ2) is 8.12. The fourth-order valence-corrected chi connectivity index (χ4v) is 3.55. The number of rotatable bonds is 5. The van der Waals surface area contributed by atoms with Crippen molar-refractivity contribution in [2.24, 2.45) is 0 Å². The number of morpholine rings is 1. The molecular weight excluding hydrogens is 346 g/mol. The molecule has 0 spiro atoms. The van der Waals surface area contributed by atoms with Crippen molar-refractivity contribution in [3.05, 3.63) is 53.0 Å². The van der Waals surface area contributed by atoms with Crippen LogP contribution < -0.4 is 10.6 Å². The molecule has 0 unspecified atom stereocenters. The summed E-state index contributed by atoms with van der Waals surface area (Å²) in [5.41, 5.74) is 3.08. The quantitative estimate of drug-likeness (QED) is 0.845. The first-order valence-corrected chi connectivity index (χ1v) is 9.31. The standard InChI is InChI=1S/C20H25N3O4/c1-14-2-5-19(27-14)18(23-6-8-25-9-7-23)11-21-20(24)22-17-4-3-15-12-26-13-16(15)10-17/h2-5,10,18H,6-9,11-13H2,1H3,(H2,21,22,24)/t18-/m1/s1. The van der Waals surface area contributed by atoms with Crippen LogP contribution in [0.4, 0.5) is 10.5 Å². The van der Waals surface area contributed by atoms with E-state index < -0.39 is 0 Å². The maximum Gasteiger partial charge on any atom is 0.319 e. The Bertz CT molecular complexity index is 798. The minimum Gasteiger partial charge on any atom is -0.465 e. The first kappa shape index (κ1) is 18.0. The molecule has 7 heteroatoms. The predicted octanol–water partition coefficient (Wildman–Crippen LogP) is 2.81. The summed E-state index contributed by atoms with van der Waals surface area (Å²) in [5, 5.41) is 5.89. The van der Waals surface area contributed by atoms with E-state index in [-0.39, 0.29) is 12.1 Å². The van der Waals surface area contributed by atoms with Gasteiger partial charge < -0.3 is 24.5 Å². The molecule has 144 valence electrons. The number of anilines is 1. The molecule has 0 saturated carbocycles. The first-order chi connectivity index (χ1) is 13.2. The van der Waals surface area contributed by atoms with E-state index in [0.29, 0.717) is 33.0 Å². The largest absolute Gasteiger partial charge is 0.465 e. The molecule has 4 rings (SSSR count). The molecule has 2 amide bonds. The minimum absolute atomic E-state index is 0.0122. The number of hydrogen-bond acceptors (Lipinski definition) is 5. The number of ether oxygens (including phenoxy) is 2. The van der Waals surface area contributed by atoms with E-state index in [0.717, 1.165) is 35.9 Å². The van der Waals surface area contributed by atoms with E-state index in [1.807, 2.05) is 37.3 Å². The molecule has 1 aromatic carbocycles. The van der Waals surface area contributed by atoms with Gasteiger partial charge in [0.15, 0.2) is 0 Å². The maximum absolute atomic E-state index is 12.4. The van der Waals surface area contributed by atoms with Crippen molar-refractivity contribution in [3.8, 4) is 0 Å². The molecule has 2 aliphatic rings. The Balaban J connectivity index is 1.38. The highest BCUT2D eigenvalue weighted by molar-refractivity contribution is 5.89. The first-order valence-electron chi connectivity index (χ1n) is 9.31. The summed E-state index contributed by atoms with van der Waals surface area (Å²) in [5.74, 6) is 1.73. The molecule has 1 fully saturated rings. The molecule has 1 saturated heterocycles. The maximum atomic E-state index is 12.4. The number of fused-ring (bicyclic) bond motifs is 1. The molecular formula is C20H25N3O4. The smallest absolute Gasteiger partial charge is 0.319 e. The molecule has 1 atom stereocenters. The van der Waals surface area contributed by atoms with Gasteiger partial charge in [-0.25, -0.2) is 4.79 Å². The second-order valence-corrected chi connectivity index (χ2v) is 6.92. The zero-order chi connectivity index (χ0) is 18.6. The minimum atomic E-state index is -0.226. The van der Waals surface area contributed by atoms with E-state index >= 15 is 0 Å². The molecule has 1 aromatic heterocycles. The van der Waals surface area contributed by atoms with Gasteiger partial charge in [0.2, 0.25) is 0 Å². The summed E-state index contributed by atoms with van der Waals surface area (Å²) in [7, 11) is 0. The van der Waals surface area contributed by atoms with Gasteiger partial charge in [0.05, 0.1) is 32.5 Å². The van der Waals surface area contributed by atoms with Gasteiger partial charge in [-0.2, -0.15) is 0 Å². The Morgan fingerprint density at radius 2 is 1.93 bits per heavy atom. The third-order valence-electron chi connectivity index (χ3n) is 5.01. The molecule has 0 radical (unpaired) electrons. The predicted molar refractivity (Wildman–Crippen MR) is 101 cm³/mol. The summed E-state index contributed by atoms with van der Waals surface area (Å²) in [4.78, 5) is 14.7. The molecule has 2 aliphatic heterocycles. The summed E-state index contributed by atoms with van der Waals surface area (Å²) >= 11 is 0. The molecule has 0 bridgehead atoms. The lowest BCUT2D eigenvalue weighted by Gasteiger charge is -2.33. The van der Waals surface area contributed by atoms with Crippen molar-refractivity contribution in [2.45, 2.75) is 26.2 Å². The summed E-state index contributed by atoms with van der Waals surface area (Å²) in [6.07, 6.45) is 0. The average Bonchev–Trinajstić information content (AvgIpc) is 3.31. The van der Waals surface area contributed by atoms with Gasteiger partial charge in [0, 0.05) is 25.3 Å². The van der Waals surface area contributed by atoms with Gasteiger partial charge in [-0.05, 0) is 42.3 Å². The van der Waals surface area contributed by atoms with E-state index in [9.17, 15) is 4.79 Å². The fourth-order valence-electron chi connectivity index (χ4n) is 3.55. The van der Waals surface area contributed by atoms with Crippen molar-refractivity contribution >= 4 is 11.7 Å². The molecule has 2 N–H and O–H groups in total. The van der Waals surface area contributed by atoms with Crippen molar-refractivity contribution in [1.29, 1.82) is 0 Å². The normalized spacial score (nSPS) is 18.1. The summed E-state index contributed by atoms with van der Waals surface area (Å²) < 4.78 is 16.7. The fraction of sp³-hybridized carbons (Fsp3) is 0.450. The number of nitrogens with one attached hydrogen (secondary N) is 2. The SMILES string of the molecule is Cc1ccc([C@@H](CNC(=O)Nc2ccc3c(c2)COC3)N2CCOCC2)o1. The van der Waals surface area contributed by atoms with Crippen molar-refractivity contribution in [3.63, 3.8) is 0 Å². The lowest BCUT2D eigenvalue weighted by molar-refractivity contribution is 0.0122. The van der Waals surface area contributed by atoms with Gasteiger partial charge in [0.25, 0.3) is 0 Å². The van der Waals surface area contributed by atoms with E-state index in [1.165, 1.54) is 5.56 Å². The highest BCUT2D eigenvalue weighted by atomic mass is 16.5. The molecule has 27 heavy (non-hydrogen) atoms. The highest BCUT2D eigenvalue weighted by Crippen LogP contribution is 2.24. The number of nitrogens with zero attached hydrogens (tertiary/aromatic N) is 1. The van der Waals surface area contributed by atoms with E-state index in [1.54, 1.807) is 0 Å². The number of furan rings is 1. The number of urea groups is 1.